The number of hydrogen-bond acceptors (Lipinski definition) is 2. The molecule has 0 heterocycles. The van der Waals surface area contributed by atoms with Crippen molar-refractivity contribution in [1.29, 1.82) is 0 Å². The molecule has 0 aliphatic heterocycles. The van der Waals surface area contributed by atoms with Gasteiger partial charge in [-0.2, -0.15) is 0 Å². The molecule has 2 aromatic carbocycles. The zero-order valence-electron chi connectivity index (χ0n) is 9.02. The number of phenols is 1. The summed E-state index contributed by atoms with van der Waals surface area (Å²) in [5.74, 6) is -3.22. The summed E-state index contributed by atoms with van der Waals surface area (Å²) in [6, 6.07) is 6.62. The van der Waals surface area contributed by atoms with Crippen molar-refractivity contribution in [1.82, 2.24) is 0 Å². The second-order valence-corrected chi connectivity index (χ2v) is 3.70. The normalized spacial score (nSPS) is 10.3. The van der Waals surface area contributed by atoms with E-state index in [4.69, 9.17) is 5.11 Å². The maximum atomic E-state index is 13.0. The van der Waals surface area contributed by atoms with Crippen molar-refractivity contribution >= 4 is 5.97 Å². The Morgan fingerprint density at radius 3 is 2.06 bits per heavy atom. The van der Waals surface area contributed by atoms with Crippen molar-refractivity contribution in [2.45, 2.75) is 0 Å². The summed E-state index contributed by atoms with van der Waals surface area (Å²) in [5.41, 5.74) is 0.284. The Hall–Kier alpha value is -2.43. The van der Waals surface area contributed by atoms with Gasteiger partial charge < -0.3 is 10.2 Å². The van der Waals surface area contributed by atoms with E-state index in [1.54, 1.807) is 0 Å². The van der Waals surface area contributed by atoms with Gasteiger partial charge in [0.15, 0.2) is 0 Å². The van der Waals surface area contributed by atoms with Crippen LogP contribution in [0, 0.1) is 11.6 Å². The molecule has 2 N–H and O–H groups in total. The van der Waals surface area contributed by atoms with E-state index in [0.29, 0.717) is 5.56 Å². The van der Waals surface area contributed by atoms with Crippen molar-refractivity contribution in [3.05, 3.63) is 53.6 Å². The highest BCUT2D eigenvalue weighted by Gasteiger charge is 2.11. The Bertz CT molecular complexity index is 603. The van der Waals surface area contributed by atoms with Gasteiger partial charge in [0.1, 0.15) is 22.9 Å². The lowest BCUT2D eigenvalue weighted by Gasteiger charge is -2.05. The molecule has 18 heavy (non-hydrogen) atoms. The average molecular weight is 250 g/mol. The summed E-state index contributed by atoms with van der Waals surface area (Å²) >= 11 is 0. The zero-order chi connectivity index (χ0) is 13.3. The smallest absolute Gasteiger partial charge is 0.339 e. The van der Waals surface area contributed by atoms with Gasteiger partial charge in [-0.3, -0.25) is 0 Å². The fourth-order valence-electron chi connectivity index (χ4n) is 1.61. The van der Waals surface area contributed by atoms with Gasteiger partial charge in [-0.1, -0.05) is 6.07 Å². The third-order valence-electron chi connectivity index (χ3n) is 2.42. The molecule has 3 nitrogen and oxygen atoms in total. The molecule has 0 spiro atoms. The third kappa shape index (κ3) is 2.29. The SMILES string of the molecule is O=C(O)c1ccc(-c2cc(F)cc(F)c2)cc1O. The van der Waals surface area contributed by atoms with Crippen LogP contribution < -0.4 is 0 Å². The van der Waals surface area contributed by atoms with E-state index >= 15 is 0 Å². The summed E-state index contributed by atoms with van der Waals surface area (Å²) in [5, 5.41) is 18.2. The lowest BCUT2D eigenvalue weighted by molar-refractivity contribution is 0.0694. The summed E-state index contributed by atoms with van der Waals surface area (Å²) < 4.78 is 26.1. The van der Waals surface area contributed by atoms with E-state index in [1.807, 2.05) is 0 Å². The van der Waals surface area contributed by atoms with Crippen LogP contribution in [0.15, 0.2) is 36.4 Å². The predicted molar refractivity (Wildman–Crippen MR) is 60.4 cm³/mol. The minimum absolute atomic E-state index is 0.222. The number of aromatic hydroxyl groups is 1. The molecule has 92 valence electrons. The maximum absolute atomic E-state index is 13.0. The lowest BCUT2D eigenvalue weighted by Crippen LogP contribution is -1.96. The number of carboxylic acid groups (broad SMARTS) is 1. The molecule has 0 unspecified atom stereocenters. The number of carboxylic acids is 1. The topological polar surface area (TPSA) is 57.5 Å². The Balaban J connectivity index is 2.52. The van der Waals surface area contributed by atoms with E-state index in [2.05, 4.69) is 0 Å². The third-order valence-corrected chi connectivity index (χ3v) is 2.42. The van der Waals surface area contributed by atoms with Crippen LogP contribution in [-0.4, -0.2) is 16.2 Å². The molecule has 0 atom stereocenters. The molecule has 2 rings (SSSR count). The van der Waals surface area contributed by atoms with Gasteiger partial charge in [0.25, 0.3) is 0 Å². The van der Waals surface area contributed by atoms with Crippen LogP contribution in [0.1, 0.15) is 10.4 Å². The van der Waals surface area contributed by atoms with Gasteiger partial charge in [0.2, 0.25) is 0 Å². The van der Waals surface area contributed by atoms with Crippen LogP contribution in [0.5, 0.6) is 5.75 Å². The number of rotatable bonds is 2. The standard InChI is InChI=1S/C13H8F2O3/c14-9-3-8(4-10(15)6-9)7-1-2-11(13(17)18)12(16)5-7/h1-6,16H,(H,17,18). The molecule has 0 aliphatic rings. The van der Waals surface area contributed by atoms with Crippen LogP contribution in [0.3, 0.4) is 0 Å². The van der Waals surface area contributed by atoms with E-state index in [1.165, 1.54) is 12.1 Å². The van der Waals surface area contributed by atoms with Gasteiger partial charge in [-0.15, -0.1) is 0 Å². The highest BCUT2D eigenvalue weighted by Crippen LogP contribution is 2.27. The molecule has 0 aromatic heterocycles. The highest BCUT2D eigenvalue weighted by molar-refractivity contribution is 5.91. The van der Waals surface area contributed by atoms with Crippen LogP contribution in [0.4, 0.5) is 8.78 Å². The first kappa shape index (κ1) is 12.0. The molecule has 0 aliphatic carbocycles. The number of aromatic carboxylic acids is 1. The number of halogens is 2. The number of benzene rings is 2. The van der Waals surface area contributed by atoms with Crippen molar-refractivity contribution < 1.29 is 23.8 Å². The number of hydrogen-bond donors (Lipinski definition) is 2. The minimum Gasteiger partial charge on any atom is -0.507 e. The molecule has 5 heteroatoms. The molecule has 0 radical (unpaired) electrons. The molecule has 0 amide bonds. The van der Waals surface area contributed by atoms with Gasteiger partial charge in [-0.25, -0.2) is 13.6 Å². The zero-order valence-corrected chi connectivity index (χ0v) is 9.02. The van der Waals surface area contributed by atoms with Crippen molar-refractivity contribution in [2.75, 3.05) is 0 Å². The van der Waals surface area contributed by atoms with Gasteiger partial charge in [-0.05, 0) is 35.4 Å². The lowest BCUT2D eigenvalue weighted by atomic mass is 10.0. The second-order valence-electron chi connectivity index (χ2n) is 3.70. The Morgan fingerprint density at radius 2 is 1.56 bits per heavy atom. The second kappa shape index (κ2) is 4.44. The molecule has 0 fully saturated rings. The first-order valence-electron chi connectivity index (χ1n) is 5.00. The molecule has 0 saturated heterocycles. The summed E-state index contributed by atoms with van der Waals surface area (Å²) in [6.45, 7) is 0. The minimum atomic E-state index is -1.27. The molecule has 2 aromatic rings. The molecular weight excluding hydrogens is 242 g/mol. The predicted octanol–water partition coefficient (Wildman–Crippen LogP) is 3.04. The van der Waals surface area contributed by atoms with Crippen molar-refractivity contribution in [2.24, 2.45) is 0 Å². The van der Waals surface area contributed by atoms with Gasteiger partial charge >= 0.3 is 5.97 Å². The van der Waals surface area contributed by atoms with E-state index in [-0.39, 0.29) is 11.1 Å². The van der Waals surface area contributed by atoms with E-state index in [9.17, 15) is 18.7 Å². The fraction of sp³-hybridized carbons (Fsp3) is 0. The Labute approximate surface area is 101 Å². The maximum Gasteiger partial charge on any atom is 0.339 e. The first-order chi connectivity index (χ1) is 8.47. The average Bonchev–Trinajstić information content (AvgIpc) is 2.26. The summed E-state index contributed by atoms with van der Waals surface area (Å²) in [6.07, 6.45) is 0. The quantitative estimate of drug-likeness (QED) is 0.861. The van der Waals surface area contributed by atoms with Gasteiger partial charge in [0, 0.05) is 6.07 Å². The Morgan fingerprint density at radius 1 is 0.944 bits per heavy atom. The first-order valence-corrected chi connectivity index (χ1v) is 5.00. The van der Waals surface area contributed by atoms with Crippen LogP contribution in [-0.2, 0) is 0 Å². The molecular formula is C13H8F2O3. The molecule has 0 saturated carbocycles. The number of carbonyl (C=O) groups is 1. The largest absolute Gasteiger partial charge is 0.507 e. The van der Waals surface area contributed by atoms with Gasteiger partial charge in [0.05, 0.1) is 0 Å². The summed E-state index contributed by atoms with van der Waals surface area (Å²) in [4.78, 5) is 10.7. The fourth-order valence-corrected chi connectivity index (χ4v) is 1.61. The highest BCUT2D eigenvalue weighted by atomic mass is 19.1. The molecule has 0 bridgehead atoms. The van der Waals surface area contributed by atoms with E-state index in [0.717, 1.165) is 24.3 Å². The van der Waals surface area contributed by atoms with E-state index < -0.39 is 23.4 Å². The van der Waals surface area contributed by atoms with Crippen LogP contribution in [0.2, 0.25) is 0 Å². The van der Waals surface area contributed by atoms with Crippen LogP contribution >= 0.6 is 0 Å². The monoisotopic (exact) mass is 250 g/mol. The Kier molecular flexibility index (Phi) is 2.97. The van der Waals surface area contributed by atoms with Crippen molar-refractivity contribution in [3.8, 4) is 16.9 Å². The van der Waals surface area contributed by atoms with Crippen LogP contribution in [0.25, 0.3) is 11.1 Å². The van der Waals surface area contributed by atoms with Crippen molar-refractivity contribution in [3.63, 3.8) is 0 Å². The summed E-state index contributed by atoms with van der Waals surface area (Å²) in [7, 11) is 0.